The molecule has 1 aliphatic heterocycles. The molecule has 1 aromatic rings. The van der Waals surface area contributed by atoms with Gasteiger partial charge in [0.1, 0.15) is 0 Å². The first-order chi connectivity index (χ1) is 12.3. The summed E-state index contributed by atoms with van der Waals surface area (Å²) in [6.07, 6.45) is 0.908. The number of carbonyl (C=O) groups is 1. The van der Waals surface area contributed by atoms with Crippen LogP contribution in [0.4, 0.5) is 0 Å². The summed E-state index contributed by atoms with van der Waals surface area (Å²) in [6, 6.07) is 6.04. The Bertz CT molecular complexity index is 681. The summed E-state index contributed by atoms with van der Waals surface area (Å²) in [7, 11) is -0.498. The number of hydrogen-bond donors (Lipinski definition) is 1. The average molecular weight is 383 g/mol. The third-order valence-electron chi connectivity index (χ3n) is 4.74. The number of benzene rings is 1. The summed E-state index contributed by atoms with van der Waals surface area (Å²) in [4.78, 5) is 17.2. The minimum Gasteiger partial charge on any atom is -0.352 e. The number of hydrogen-bond acceptors (Lipinski definition) is 5. The Hall–Kier alpha value is -1.48. The molecule has 0 aromatic heterocycles. The van der Waals surface area contributed by atoms with E-state index in [1.165, 1.54) is 26.2 Å². The molecule has 146 valence electrons. The van der Waals surface area contributed by atoms with E-state index in [2.05, 4.69) is 22.0 Å². The fourth-order valence-corrected chi connectivity index (χ4v) is 3.83. The van der Waals surface area contributed by atoms with Gasteiger partial charge in [0.15, 0.2) is 0 Å². The number of amides is 1. The minimum absolute atomic E-state index is 0.172. The van der Waals surface area contributed by atoms with Crippen LogP contribution in [0.2, 0.25) is 0 Å². The van der Waals surface area contributed by atoms with Crippen molar-refractivity contribution < 1.29 is 13.2 Å². The van der Waals surface area contributed by atoms with Crippen LogP contribution in [0, 0.1) is 0 Å². The predicted molar refractivity (Wildman–Crippen MR) is 103 cm³/mol. The van der Waals surface area contributed by atoms with E-state index >= 15 is 0 Å². The fraction of sp³-hybridized carbons (Fsp3) is 0.611. The quantitative estimate of drug-likeness (QED) is 0.670. The lowest BCUT2D eigenvalue weighted by atomic mass is 10.2. The van der Waals surface area contributed by atoms with Gasteiger partial charge in [0.05, 0.1) is 4.90 Å². The van der Waals surface area contributed by atoms with E-state index in [0.29, 0.717) is 12.1 Å². The Morgan fingerprint density at radius 3 is 2.19 bits per heavy atom. The van der Waals surface area contributed by atoms with Gasteiger partial charge in [0, 0.05) is 52.4 Å². The smallest absolute Gasteiger partial charge is 0.251 e. The van der Waals surface area contributed by atoms with Crippen molar-refractivity contribution >= 4 is 15.9 Å². The van der Waals surface area contributed by atoms with Crippen LogP contribution in [-0.4, -0.2) is 88.3 Å². The molecule has 26 heavy (non-hydrogen) atoms. The Labute approximate surface area is 157 Å². The van der Waals surface area contributed by atoms with Gasteiger partial charge in [-0.25, -0.2) is 12.7 Å². The summed E-state index contributed by atoms with van der Waals surface area (Å²) in [6.45, 7) is 9.30. The van der Waals surface area contributed by atoms with Crippen LogP contribution in [-0.2, 0) is 10.0 Å². The average Bonchev–Trinajstić information content (AvgIpc) is 2.65. The zero-order valence-electron chi connectivity index (χ0n) is 15.9. The van der Waals surface area contributed by atoms with Crippen LogP contribution >= 0.6 is 0 Å². The first-order valence-corrected chi connectivity index (χ1v) is 10.5. The number of rotatable bonds is 8. The van der Waals surface area contributed by atoms with Gasteiger partial charge >= 0.3 is 0 Å². The van der Waals surface area contributed by atoms with E-state index in [1.54, 1.807) is 12.1 Å². The second kappa shape index (κ2) is 9.45. The molecule has 1 amide bonds. The highest BCUT2D eigenvalue weighted by atomic mass is 32.2. The number of piperazine rings is 1. The first kappa shape index (κ1) is 20.8. The van der Waals surface area contributed by atoms with Gasteiger partial charge in [-0.2, -0.15) is 0 Å². The van der Waals surface area contributed by atoms with Crippen LogP contribution in [0.5, 0.6) is 0 Å². The fourth-order valence-electron chi connectivity index (χ4n) is 2.92. The van der Waals surface area contributed by atoms with E-state index in [1.807, 2.05) is 0 Å². The van der Waals surface area contributed by atoms with Crippen molar-refractivity contribution in [3.8, 4) is 0 Å². The van der Waals surface area contributed by atoms with Crippen LogP contribution in [0.15, 0.2) is 29.2 Å². The van der Waals surface area contributed by atoms with Gasteiger partial charge in [-0.1, -0.05) is 6.92 Å². The third-order valence-corrected chi connectivity index (χ3v) is 6.57. The monoisotopic (exact) mass is 382 g/mol. The molecule has 1 aromatic carbocycles. The maximum atomic E-state index is 12.2. The predicted octanol–water partition coefficient (Wildman–Crippen LogP) is 0.694. The van der Waals surface area contributed by atoms with Gasteiger partial charge in [-0.15, -0.1) is 0 Å². The molecule has 0 radical (unpaired) electrons. The molecule has 0 spiro atoms. The minimum atomic E-state index is -3.47. The number of nitrogens with one attached hydrogen (secondary N) is 1. The molecule has 0 atom stereocenters. The summed E-state index contributed by atoms with van der Waals surface area (Å²) < 4.78 is 25.2. The van der Waals surface area contributed by atoms with Crippen molar-refractivity contribution in [3.63, 3.8) is 0 Å². The Morgan fingerprint density at radius 2 is 1.65 bits per heavy atom. The zero-order valence-corrected chi connectivity index (χ0v) is 16.8. The highest BCUT2D eigenvalue weighted by Crippen LogP contribution is 2.14. The molecule has 0 saturated carbocycles. The molecule has 2 rings (SSSR count). The van der Waals surface area contributed by atoms with Gasteiger partial charge in [-0.3, -0.25) is 4.79 Å². The van der Waals surface area contributed by atoms with E-state index in [-0.39, 0.29) is 10.8 Å². The molecule has 1 fully saturated rings. The van der Waals surface area contributed by atoms with Crippen LogP contribution in [0.25, 0.3) is 0 Å². The van der Waals surface area contributed by atoms with Crippen molar-refractivity contribution in [1.82, 2.24) is 19.4 Å². The maximum absolute atomic E-state index is 12.2. The topological polar surface area (TPSA) is 73.0 Å². The molecular formula is C18H30N4O3S. The molecule has 1 heterocycles. The number of sulfonamides is 1. The number of likely N-dealkylation sites (N-methyl/N-ethyl adjacent to an activating group) is 1. The Balaban J connectivity index is 1.75. The highest BCUT2D eigenvalue weighted by Gasteiger charge is 2.18. The largest absolute Gasteiger partial charge is 0.352 e. The van der Waals surface area contributed by atoms with Gasteiger partial charge in [-0.05, 0) is 43.8 Å². The normalized spacial score (nSPS) is 16.8. The van der Waals surface area contributed by atoms with E-state index < -0.39 is 10.0 Å². The third kappa shape index (κ3) is 5.51. The van der Waals surface area contributed by atoms with Gasteiger partial charge < -0.3 is 15.1 Å². The molecule has 1 saturated heterocycles. The SMILES string of the molecule is CCN1CCN(CCCNC(=O)c2ccc(S(=O)(=O)N(C)C)cc2)CC1. The lowest BCUT2D eigenvalue weighted by Crippen LogP contribution is -2.46. The van der Waals surface area contributed by atoms with Crippen LogP contribution in [0.1, 0.15) is 23.7 Å². The summed E-state index contributed by atoms with van der Waals surface area (Å²) in [5.74, 6) is -0.172. The van der Waals surface area contributed by atoms with Gasteiger partial charge in [0.2, 0.25) is 10.0 Å². The Morgan fingerprint density at radius 1 is 1.08 bits per heavy atom. The molecular weight excluding hydrogens is 352 g/mol. The summed E-state index contributed by atoms with van der Waals surface area (Å²) >= 11 is 0. The zero-order chi connectivity index (χ0) is 19.2. The van der Waals surface area contributed by atoms with Crippen molar-refractivity contribution in [2.45, 2.75) is 18.2 Å². The van der Waals surface area contributed by atoms with Crippen LogP contribution in [0.3, 0.4) is 0 Å². The maximum Gasteiger partial charge on any atom is 0.251 e. The number of nitrogens with zero attached hydrogens (tertiary/aromatic N) is 3. The molecule has 0 aliphatic carbocycles. The molecule has 1 aliphatic rings. The van der Waals surface area contributed by atoms with Gasteiger partial charge in [0.25, 0.3) is 5.91 Å². The van der Waals surface area contributed by atoms with E-state index in [9.17, 15) is 13.2 Å². The van der Waals surface area contributed by atoms with E-state index in [4.69, 9.17) is 0 Å². The number of carbonyl (C=O) groups excluding carboxylic acids is 1. The standard InChI is InChI=1S/C18H30N4O3S/c1-4-21-12-14-22(15-13-21)11-5-10-19-18(23)16-6-8-17(9-7-16)26(24,25)20(2)3/h6-9H,4-5,10-15H2,1-3H3,(H,19,23). The van der Waals surface area contributed by atoms with Crippen molar-refractivity contribution in [2.24, 2.45) is 0 Å². The molecule has 1 N–H and O–H groups in total. The summed E-state index contributed by atoms with van der Waals surface area (Å²) in [5, 5.41) is 2.90. The lowest BCUT2D eigenvalue weighted by molar-refractivity contribution is 0.0948. The van der Waals surface area contributed by atoms with Crippen molar-refractivity contribution in [3.05, 3.63) is 29.8 Å². The second-order valence-corrected chi connectivity index (χ2v) is 8.85. The lowest BCUT2D eigenvalue weighted by Gasteiger charge is -2.33. The molecule has 0 bridgehead atoms. The summed E-state index contributed by atoms with van der Waals surface area (Å²) in [5.41, 5.74) is 0.472. The van der Waals surface area contributed by atoms with E-state index in [0.717, 1.165) is 50.0 Å². The highest BCUT2D eigenvalue weighted by molar-refractivity contribution is 7.89. The first-order valence-electron chi connectivity index (χ1n) is 9.10. The van der Waals surface area contributed by atoms with Crippen LogP contribution < -0.4 is 5.32 Å². The molecule has 0 unspecified atom stereocenters. The van der Waals surface area contributed by atoms with Crippen molar-refractivity contribution in [2.75, 3.05) is 59.9 Å². The molecule has 7 nitrogen and oxygen atoms in total. The molecule has 8 heteroatoms. The Kier molecular flexibility index (Phi) is 7.57. The van der Waals surface area contributed by atoms with Crippen molar-refractivity contribution in [1.29, 1.82) is 0 Å². The second-order valence-electron chi connectivity index (χ2n) is 6.70.